The number of aliphatic hydroxyl groups excluding tert-OH is 1. The predicted molar refractivity (Wildman–Crippen MR) is 107 cm³/mol. The molecule has 1 saturated carbocycles. The number of carboxylic acid groups (broad SMARTS) is 1. The molecule has 0 aromatic heterocycles. The third kappa shape index (κ3) is 6.90. The van der Waals surface area contributed by atoms with Crippen LogP contribution in [0.15, 0.2) is 24.3 Å². The number of aliphatic hydroxyl groups is 1. The highest BCUT2D eigenvalue weighted by Crippen LogP contribution is 2.37. The highest BCUT2D eigenvalue weighted by Gasteiger charge is 2.36. The molecular formula is C21H32F2N2O4. The summed E-state index contributed by atoms with van der Waals surface area (Å²) in [6.45, 7) is 5.90. The van der Waals surface area contributed by atoms with E-state index in [1.54, 1.807) is 18.2 Å². The van der Waals surface area contributed by atoms with Crippen molar-refractivity contribution in [3.8, 4) is 0 Å². The van der Waals surface area contributed by atoms with Gasteiger partial charge in [-0.3, -0.25) is 5.06 Å². The monoisotopic (exact) mass is 414 g/mol. The van der Waals surface area contributed by atoms with Crippen molar-refractivity contribution < 1.29 is 28.9 Å². The van der Waals surface area contributed by atoms with Crippen LogP contribution in [0.25, 0.3) is 0 Å². The lowest BCUT2D eigenvalue weighted by Gasteiger charge is -2.36. The normalized spacial score (nSPS) is 20.7. The molecule has 1 amide bonds. The first-order valence-corrected chi connectivity index (χ1v) is 10.0. The third-order valence-electron chi connectivity index (χ3n) is 5.80. The van der Waals surface area contributed by atoms with Crippen molar-refractivity contribution >= 4 is 11.8 Å². The summed E-state index contributed by atoms with van der Waals surface area (Å²) in [6, 6.07) is 7.11. The Morgan fingerprint density at radius 2 is 1.97 bits per heavy atom. The number of hydroxylamine groups is 2. The number of carbonyl (C=O) groups is 1. The summed E-state index contributed by atoms with van der Waals surface area (Å²) in [7, 11) is 0. The van der Waals surface area contributed by atoms with Gasteiger partial charge in [-0.05, 0) is 41.9 Å². The molecule has 0 saturated heterocycles. The van der Waals surface area contributed by atoms with Gasteiger partial charge in [0.1, 0.15) is 0 Å². The first-order valence-electron chi connectivity index (χ1n) is 10.0. The van der Waals surface area contributed by atoms with Crippen molar-refractivity contribution in [2.24, 2.45) is 17.3 Å². The number of alkyl halides is 2. The highest BCUT2D eigenvalue weighted by molar-refractivity contribution is 5.53. The van der Waals surface area contributed by atoms with Gasteiger partial charge in [-0.2, -0.15) is 4.79 Å². The molecule has 0 radical (unpaired) electrons. The zero-order valence-electron chi connectivity index (χ0n) is 17.3. The Kier molecular flexibility index (Phi) is 7.59. The van der Waals surface area contributed by atoms with Crippen molar-refractivity contribution in [1.29, 1.82) is 0 Å². The van der Waals surface area contributed by atoms with E-state index in [1.165, 1.54) is 0 Å². The quantitative estimate of drug-likeness (QED) is 0.511. The topological polar surface area (TPSA) is 97.1 Å². The average molecular weight is 414 g/mol. The molecule has 164 valence electrons. The van der Waals surface area contributed by atoms with Crippen LogP contribution in [0.5, 0.6) is 0 Å². The van der Waals surface area contributed by atoms with Gasteiger partial charge in [0.05, 0.1) is 12.6 Å². The second-order valence-electron chi connectivity index (χ2n) is 9.16. The summed E-state index contributed by atoms with van der Waals surface area (Å²) in [5.74, 6) is -2.93. The fraction of sp³-hybridized carbons (Fsp3) is 0.667. The maximum atomic E-state index is 13.3. The number of hydrogen-bond acceptors (Lipinski definition) is 4. The predicted octanol–water partition coefficient (Wildman–Crippen LogP) is 3.68. The lowest BCUT2D eigenvalue weighted by atomic mass is 9.75. The zero-order valence-corrected chi connectivity index (χ0v) is 17.3. The van der Waals surface area contributed by atoms with Gasteiger partial charge in [0.25, 0.3) is 0 Å². The zero-order chi connectivity index (χ0) is 21.8. The summed E-state index contributed by atoms with van der Waals surface area (Å²) < 4.78 is 26.6. The van der Waals surface area contributed by atoms with Gasteiger partial charge < -0.3 is 20.7 Å². The maximum Gasteiger partial charge on any atom is 0.511 e. The van der Waals surface area contributed by atoms with Crippen molar-refractivity contribution in [2.45, 2.75) is 58.5 Å². The van der Waals surface area contributed by atoms with Crippen molar-refractivity contribution in [3.05, 3.63) is 35.0 Å². The molecular weight excluding hydrogens is 382 g/mol. The van der Waals surface area contributed by atoms with Gasteiger partial charge in [-0.1, -0.05) is 32.9 Å². The van der Waals surface area contributed by atoms with E-state index in [0.717, 1.165) is 5.69 Å². The summed E-state index contributed by atoms with van der Waals surface area (Å²) in [6.07, 6.45) is -1.71. The summed E-state index contributed by atoms with van der Waals surface area (Å²) in [4.78, 5) is 11.0. The average Bonchev–Trinajstić information content (AvgIpc) is 2.63. The Labute approximate surface area is 170 Å². The number of nitrogens with one attached hydrogen (secondary N) is 2. The Hall–Kier alpha value is -1.77. The molecule has 0 spiro atoms. The van der Waals surface area contributed by atoms with E-state index in [-0.39, 0.29) is 25.3 Å². The second-order valence-corrected chi connectivity index (χ2v) is 9.16. The third-order valence-corrected chi connectivity index (χ3v) is 5.80. The van der Waals surface area contributed by atoms with E-state index in [1.807, 2.05) is 26.8 Å². The van der Waals surface area contributed by atoms with E-state index in [2.05, 4.69) is 5.32 Å². The minimum absolute atomic E-state index is 0.0804. The maximum absolute atomic E-state index is 13.3. The lowest BCUT2D eigenvalue weighted by Crippen LogP contribution is -3.10. The SMILES string of the molecule is CC(C)(C)C(C[NH+]([O-])C(=O)O)C(O)c1cccc(NCC2CCC(F)(F)CC2)c1. The molecule has 29 heavy (non-hydrogen) atoms. The van der Waals surface area contributed by atoms with Crippen LogP contribution in [0.3, 0.4) is 0 Å². The van der Waals surface area contributed by atoms with Gasteiger partial charge in [-0.25, -0.2) is 8.78 Å². The number of benzene rings is 1. The lowest BCUT2D eigenvalue weighted by molar-refractivity contribution is -0.774. The van der Waals surface area contributed by atoms with Gasteiger partial charge in [-0.15, -0.1) is 0 Å². The molecule has 0 heterocycles. The molecule has 1 aromatic rings. The fourth-order valence-corrected chi connectivity index (χ4v) is 3.81. The number of halogens is 2. The number of hydrogen-bond donors (Lipinski definition) is 4. The van der Waals surface area contributed by atoms with Gasteiger partial charge in [0.2, 0.25) is 5.92 Å². The molecule has 8 heteroatoms. The van der Waals surface area contributed by atoms with Crippen LogP contribution < -0.4 is 10.4 Å². The smallest absolute Gasteiger partial charge is 0.511 e. The van der Waals surface area contributed by atoms with Crippen LogP contribution >= 0.6 is 0 Å². The van der Waals surface area contributed by atoms with Gasteiger partial charge >= 0.3 is 6.09 Å². The van der Waals surface area contributed by atoms with Gasteiger partial charge in [0.15, 0.2) is 0 Å². The fourth-order valence-electron chi connectivity index (χ4n) is 3.81. The van der Waals surface area contributed by atoms with Crippen LogP contribution in [0.4, 0.5) is 19.3 Å². The molecule has 6 nitrogen and oxygen atoms in total. The molecule has 2 rings (SSSR count). The van der Waals surface area contributed by atoms with E-state index in [0.29, 0.717) is 24.9 Å². The summed E-state index contributed by atoms with van der Waals surface area (Å²) in [5, 5.41) is 33.9. The first kappa shape index (κ1) is 23.5. The number of quaternary nitrogens is 1. The molecule has 4 N–H and O–H groups in total. The number of amides is 1. The molecule has 0 bridgehead atoms. The van der Waals surface area contributed by atoms with E-state index < -0.39 is 34.5 Å². The molecule has 1 aliphatic rings. The van der Waals surface area contributed by atoms with Crippen molar-refractivity contribution in [3.63, 3.8) is 0 Å². The Morgan fingerprint density at radius 1 is 1.34 bits per heavy atom. The largest absolute Gasteiger partial charge is 0.624 e. The molecule has 1 aliphatic carbocycles. The van der Waals surface area contributed by atoms with E-state index in [9.17, 15) is 23.9 Å². The number of anilines is 1. The molecule has 1 aromatic carbocycles. The standard InChI is InChI=1S/C21H32F2N2O4/c1-20(2,3)17(13-25(29)19(27)28)18(26)15-5-4-6-16(11-15)24-12-14-7-9-21(22,23)10-8-14/h4-6,11,14,17-18,24-26H,7-10,12-13H2,1-3H3,(H,27,28). The molecule has 3 unspecified atom stereocenters. The van der Waals surface area contributed by atoms with Crippen molar-refractivity contribution in [1.82, 2.24) is 0 Å². The summed E-state index contributed by atoms with van der Waals surface area (Å²) in [5.41, 5.74) is 0.862. The van der Waals surface area contributed by atoms with Crippen LogP contribution in [0.2, 0.25) is 0 Å². The van der Waals surface area contributed by atoms with Crippen LogP contribution in [-0.4, -0.2) is 35.3 Å². The highest BCUT2D eigenvalue weighted by atomic mass is 19.3. The molecule has 3 atom stereocenters. The first-order chi connectivity index (χ1) is 13.4. The molecule has 1 fully saturated rings. The minimum atomic E-state index is -2.55. The Balaban J connectivity index is 2.05. The Morgan fingerprint density at radius 3 is 2.52 bits per heavy atom. The van der Waals surface area contributed by atoms with E-state index >= 15 is 0 Å². The van der Waals surface area contributed by atoms with E-state index in [4.69, 9.17) is 5.11 Å². The Bertz CT molecular complexity index is 684. The van der Waals surface area contributed by atoms with Crippen molar-refractivity contribution in [2.75, 3.05) is 18.4 Å². The second kappa shape index (κ2) is 9.36. The van der Waals surface area contributed by atoms with Crippen LogP contribution in [0.1, 0.15) is 58.1 Å². The van der Waals surface area contributed by atoms with Gasteiger partial charge in [0, 0.05) is 31.0 Å². The van der Waals surface area contributed by atoms with Crippen LogP contribution in [0, 0.1) is 22.5 Å². The van der Waals surface area contributed by atoms with Crippen LogP contribution in [-0.2, 0) is 0 Å². The number of rotatable bonds is 7. The minimum Gasteiger partial charge on any atom is -0.624 e. The molecule has 0 aliphatic heterocycles. The summed E-state index contributed by atoms with van der Waals surface area (Å²) >= 11 is 0.